The van der Waals surface area contributed by atoms with Crippen LogP contribution >= 0.6 is 0 Å². The first-order chi connectivity index (χ1) is 13.0. The molecule has 1 aromatic heterocycles. The maximum Gasteiger partial charge on any atom is 0.308 e. The second-order valence-electron chi connectivity index (χ2n) is 7.73. The Hall–Kier alpha value is -2.63. The number of aromatic nitrogens is 2. The number of benzene rings is 1. The van der Waals surface area contributed by atoms with Gasteiger partial charge >= 0.3 is 5.97 Å². The molecule has 0 aliphatic heterocycles. The summed E-state index contributed by atoms with van der Waals surface area (Å²) in [5.41, 5.74) is 2.53. The lowest BCUT2D eigenvalue weighted by atomic mass is 9.99. The summed E-state index contributed by atoms with van der Waals surface area (Å²) >= 11 is 0. The van der Waals surface area contributed by atoms with Gasteiger partial charge in [0.05, 0.1) is 23.4 Å². The van der Waals surface area contributed by atoms with Crippen LogP contribution in [0.2, 0.25) is 0 Å². The zero-order chi connectivity index (χ0) is 19.4. The van der Waals surface area contributed by atoms with Crippen LogP contribution in [0.1, 0.15) is 54.2 Å². The highest BCUT2D eigenvalue weighted by Gasteiger charge is 2.32. The molecule has 1 saturated carbocycles. The molecule has 6 nitrogen and oxygen atoms in total. The number of hydrogen-bond acceptors (Lipinski definition) is 3. The second kappa shape index (κ2) is 8.37. The van der Waals surface area contributed by atoms with Crippen molar-refractivity contribution in [3.63, 3.8) is 0 Å². The number of carbonyl (C=O) groups is 2. The van der Waals surface area contributed by atoms with E-state index in [4.69, 9.17) is 0 Å². The van der Waals surface area contributed by atoms with E-state index in [9.17, 15) is 14.7 Å². The van der Waals surface area contributed by atoms with Crippen molar-refractivity contribution in [2.24, 2.45) is 11.8 Å². The number of rotatable bonds is 9. The quantitative estimate of drug-likeness (QED) is 0.711. The number of hydrogen-bond donors (Lipinski definition) is 2. The van der Waals surface area contributed by atoms with Gasteiger partial charge in [-0.2, -0.15) is 5.10 Å². The van der Waals surface area contributed by atoms with Crippen LogP contribution in [0.15, 0.2) is 36.5 Å². The number of carboxylic acids is 1. The van der Waals surface area contributed by atoms with E-state index in [1.807, 2.05) is 35.0 Å². The molecule has 2 N–H and O–H groups in total. The van der Waals surface area contributed by atoms with Crippen molar-refractivity contribution in [2.45, 2.75) is 45.6 Å². The van der Waals surface area contributed by atoms with Gasteiger partial charge in [-0.25, -0.2) is 0 Å². The molecule has 1 aromatic carbocycles. The number of nitrogens with one attached hydrogen (secondary N) is 1. The molecule has 1 aliphatic carbocycles. The Balaban J connectivity index is 1.67. The zero-order valence-corrected chi connectivity index (χ0v) is 15.9. The Morgan fingerprint density at radius 3 is 2.56 bits per heavy atom. The number of carboxylic acid groups (broad SMARTS) is 1. The van der Waals surface area contributed by atoms with Gasteiger partial charge in [-0.05, 0) is 30.7 Å². The van der Waals surface area contributed by atoms with Crippen molar-refractivity contribution in [1.82, 2.24) is 15.1 Å². The van der Waals surface area contributed by atoms with Crippen molar-refractivity contribution in [3.05, 3.63) is 53.3 Å². The highest BCUT2D eigenvalue weighted by Crippen LogP contribution is 2.41. The van der Waals surface area contributed by atoms with Gasteiger partial charge < -0.3 is 10.4 Å². The minimum atomic E-state index is -0.905. The van der Waals surface area contributed by atoms with Crippen molar-refractivity contribution in [2.75, 3.05) is 6.54 Å². The third kappa shape index (κ3) is 4.96. The van der Waals surface area contributed by atoms with Crippen LogP contribution in [0.4, 0.5) is 0 Å². The third-order valence-corrected chi connectivity index (χ3v) is 4.81. The minimum Gasteiger partial charge on any atom is -0.481 e. The van der Waals surface area contributed by atoms with Crippen LogP contribution in [-0.4, -0.2) is 33.3 Å². The van der Waals surface area contributed by atoms with Gasteiger partial charge in [0.25, 0.3) is 5.91 Å². The van der Waals surface area contributed by atoms with Gasteiger partial charge in [0.2, 0.25) is 0 Å². The lowest BCUT2D eigenvalue weighted by Crippen LogP contribution is -2.34. The van der Waals surface area contributed by atoms with E-state index in [1.54, 1.807) is 6.20 Å². The molecule has 0 bridgehead atoms. The monoisotopic (exact) mass is 369 g/mol. The Morgan fingerprint density at radius 2 is 1.96 bits per heavy atom. The number of amides is 1. The predicted octanol–water partition coefficient (Wildman–Crippen LogP) is 3.09. The molecule has 1 aliphatic rings. The number of aliphatic carboxylic acids is 1. The number of carbonyl (C=O) groups excluding carboxylic acids is 1. The topological polar surface area (TPSA) is 84.2 Å². The number of nitrogens with zero attached hydrogens (tertiary/aromatic N) is 2. The molecular formula is C21H27N3O3. The SMILES string of the molecule is CC(C)Cn1ncc(C(=O)NCC(Cc2ccccc2)C(=O)O)c1C1CC1. The Kier molecular flexibility index (Phi) is 5.94. The molecule has 1 heterocycles. The van der Waals surface area contributed by atoms with E-state index >= 15 is 0 Å². The van der Waals surface area contributed by atoms with Crippen molar-refractivity contribution < 1.29 is 14.7 Å². The van der Waals surface area contributed by atoms with Crippen LogP contribution in [-0.2, 0) is 17.8 Å². The van der Waals surface area contributed by atoms with E-state index in [2.05, 4.69) is 24.3 Å². The Labute approximate surface area is 159 Å². The largest absolute Gasteiger partial charge is 0.481 e. The summed E-state index contributed by atoms with van der Waals surface area (Å²) in [6, 6.07) is 9.47. The lowest BCUT2D eigenvalue weighted by Gasteiger charge is -2.14. The zero-order valence-electron chi connectivity index (χ0n) is 15.9. The fraction of sp³-hybridized carbons (Fsp3) is 0.476. The predicted molar refractivity (Wildman–Crippen MR) is 103 cm³/mol. The fourth-order valence-electron chi connectivity index (χ4n) is 3.31. The van der Waals surface area contributed by atoms with Gasteiger partial charge in [-0.3, -0.25) is 14.3 Å². The molecule has 27 heavy (non-hydrogen) atoms. The molecular weight excluding hydrogens is 342 g/mol. The molecule has 1 fully saturated rings. The first kappa shape index (κ1) is 19.1. The molecule has 3 rings (SSSR count). The highest BCUT2D eigenvalue weighted by atomic mass is 16.4. The van der Waals surface area contributed by atoms with Gasteiger partial charge in [0, 0.05) is 19.0 Å². The molecule has 0 radical (unpaired) electrons. The average molecular weight is 369 g/mol. The summed E-state index contributed by atoms with van der Waals surface area (Å²) in [4.78, 5) is 24.3. The van der Waals surface area contributed by atoms with Crippen molar-refractivity contribution in [1.29, 1.82) is 0 Å². The van der Waals surface area contributed by atoms with E-state index < -0.39 is 11.9 Å². The van der Waals surface area contributed by atoms with Crippen LogP contribution in [0.3, 0.4) is 0 Å². The van der Waals surface area contributed by atoms with Crippen LogP contribution < -0.4 is 5.32 Å². The molecule has 1 atom stereocenters. The maximum atomic E-state index is 12.7. The molecule has 1 amide bonds. The molecule has 144 valence electrons. The van der Waals surface area contributed by atoms with Gasteiger partial charge in [0.1, 0.15) is 0 Å². The van der Waals surface area contributed by atoms with Crippen LogP contribution in [0.25, 0.3) is 0 Å². The third-order valence-electron chi connectivity index (χ3n) is 4.81. The smallest absolute Gasteiger partial charge is 0.308 e. The second-order valence-corrected chi connectivity index (χ2v) is 7.73. The van der Waals surface area contributed by atoms with Gasteiger partial charge in [-0.15, -0.1) is 0 Å². The maximum absolute atomic E-state index is 12.7. The lowest BCUT2D eigenvalue weighted by molar-refractivity contribution is -0.141. The summed E-state index contributed by atoms with van der Waals surface area (Å²) in [5.74, 6) is -0.957. The minimum absolute atomic E-state index is 0.0997. The van der Waals surface area contributed by atoms with Crippen molar-refractivity contribution >= 4 is 11.9 Å². The van der Waals surface area contributed by atoms with E-state index in [0.717, 1.165) is 30.6 Å². The Bertz CT molecular complexity index is 794. The first-order valence-electron chi connectivity index (χ1n) is 9.56. The molecule has 1 unspecified atom stereocenters. The highest BCUT2D eigenvalue weighted by molar-refractivity contribution is 5.95. The molecule has 2 aromatic rings. The van der Waals surface area contributed by atoms with Crippen molar-refractivity contribution in [3.8, 4) is 0 Å². The summed E-state index contributed by atoms with van der Waals surface area (Å²) in [6.45, 7) is 5.13. The normalized spacial score (nSPS) is 14.9. The summed E-state index contributed by atoms with van der Waals surface area (Å²) in [5, 5.41) is 16.7. The molecule has 0 saturated heterocycles. The average Bonchev–Trinajstić information content (AvgIpc) is 3.39. The van der Waals surface area contributed by atoms with Gasteiger partial charge in [-0.1, -0.05) is 44.2 Å². The van der Waals surface area contributed by atoms with Crippen LogP contribution in [0.5, 0.6) is 0 Å². The van der Waals surface area contributed by atoms with E-state index in [1.165, 1.54) is 0 Å². The molecule has 6 heteroatoms. The fourth-order valence-corrected chi connectivity index (χ4v) is 3.31. The Morgan fingerprint density at radius 1 is 1.26 bits per heavy atom. The standard InChI is InChI=1S/C21H27N3O3/c1-14(2)13-24-19(16-8-9-16)18(12-23-24)20(25)22-11-17(21(26)27)10-15-6-4-3-5-7-15/h3-7,12,14,16-17H,8-11,13H2,1-2H3,(H,22,25)(H,26,27). The van der Waals surface area contributed by atoms with Crippen LogP contribution in [0, 0.1) is 11.8 Å². The van der Waals surface area contributed by atoms with E-state index in [-0.39, 0.29) is 12.5 Å². The summed E-state index contributed by atoms with van der Waals surface area (Å²) in [7, 11) is 0. The van der Waals surface area contributed by atoms with E-state index in [0.29, 0.717) is 23.8 Å². The summed E-state index contributed by atoms with van der Waals surface area (Å²) < 4.78 is 1.94. The first-order valence-corrected chi connectivity index (χ1v) is 9.56. The molecule has 0 spiro atoms. The van der Waals surface area contributed by atoms with Gasteiger partial charge in [0.15, 0.2) is 0 Å². The summed E-state index contributed by atoms with van der Waals surface area (Å²) in [6.07, 6.45) is 4.17.